The van der Waals surface area contributed by atoms with E-state index in [0.717, 1.165) is 0 Å². The van der Waals surface area contributed by atoms with E-state index in [1.54, 1.807) is 25.3 Å². The van der Waals surface area contributed by atoms with Crippen LogP contribution in [0.5, 0.6) is 0 Å². The minimum absolute atomic E-state index is 0.182. The summed E-state index contributed by atoms with van der Waals surface area (Å²) < 4.78 is 5.01. The third-order valence-corrected chi connectivity index (χ3v) is 3.15. The topological polar surface area (TPSA) is 62.7 Å². The van der Waals surface area contributed by atoms with Gasteiger partial charge in [-0.25, -0.2) is 9.78 Å². The van der Waals surface area contributed by atoms with Crippen LogP contribution in [-0.2, 0) is 4.74 Å². The van der Waals surface area contributed by atoms with E-state index in [9.17, 15) is 9.90 Å². The van der Waals surface area contributed by atoms with Gasteiger partial charge in [0.1, 0.15) is 11.4 Å². The molecule has 0 amide bonds. The normalized spacial score (nSPS) is 23.2. The van der Waals surface area contributed by atoms with Gasteiger partial charge in [0, 0.05) is 25.2 Å². The van der Waals surface area contributed by atoms with Gasteiger partial charge in [0.2, 0.25) is 0 Å². The fraction of sp³-hybridized carbons (Fsp3) is 0.538. The maximum absolute atomic E-state index is 11.8. The lowest BCUT2D eigenvalue weighted by molar-refractivity contribution is 0.0526. The predicted octanol–water partition coefficient (Wildman–Crippen LogP) is 1.08. The van der Waals surface area contributed by atoms with Gasteiger partial charge in [-0.15, -0.1) is 0 Å². The molecule has 1 fully saturated rings. The third kappa shape index (κ3) is 2.46. The zero-order chi connectivity index (χ0) is 13.1. The van der Waals surface area contributed by atoms with Gasteiger partial charge in [0.15, 0.2) is 0 Å². The first kappa shape index (κ1) is 12.8. The van der Waals surface area contributed by atoms with Crippen LogP contribution < -0.4 is 4.90 Å². The SMILES string of the molecule is CCOC(=O)c1cccnc1N1CC(C)C(O)C1. The molecule has 0 aromatic carbocycles. The second kappa shape index (κ2) is 5.35. The van der Waals surface area contributed by atoms with E-state index < -0.39 is 0 Å². The summed E-state index contributed by atoms with van der Waals surface area (Å²) in [7, 11) is 0. The number of aliphatic hydroxyl groups is 1. The van der Waals surface area contributed by atoms with Crippen LogP contribution in [0.15, 0.2) is 18.3 Å². The Kier molecular flexibility index (Phi) is 3.81. The Morgan fingerprint density at radius 1 is 1.61 bits per heavy atom. The Hall–Kier alpha value is -1.62. The number of pyridine rings is 1. The average Bonchev–Trinajstić information content (AvgIpc) is 2.70. The summed E-state index contributed by atoms with van der Waals surface area (Å²) in [6, 6.07) is 3.42. The molecule has 98 valence electrons. The number of carbonyl (C=O) groups is 1. The third-order valence-electron chi connectivity index (χ3n) is 3.15. The van der Waals surface area contributed by atoms with Crippen molar-refractivity contribution in [2.45, 2.75) is 20.0 Å². The van der Waals surface area contributed by atoms with Crippen molar-refractivity contribution in [1.29, 1.82) is 0 Å². The summed E-state index contributed by atoms with van der Waals surface area (Å²) in [6.45, 7) is 5.30. The number of hydrogen-bond donors (Lipinski definition) is 1. The van der Waals surface area contributed by atoms with E-state index in [4.69, 9.17) is 4.74 Å². The van der Waals surface area contributed by atoms with Gasteiger partial charge in [0.25, 0.3) is 0 Å². The molecule has 1 aromatic heterocycles. The molecule has 1 N–H and O–H groups in total. The van der Waals surface area contributed by atoms with Crippen molar-refractivity contribution >= 4 is 11.8 Å². The van der Waals surface area contributed by atoms with Crippen molar-refractivity contribution in [2.24, 2.45) is 5.92 Å². The largest absolute Gasteiger partial charge is 0.462 e. The quantitative estimate of drug-likeness (QED) is 0.813. The minimum atomic E-state index is -0.373. The molecule has 2 rings (SSSR count). The molecule has 5 heteroatoms. The zero-order valence-corrected chi connectivity index (χ0v) is 10.7. The number of β-amino-alcohol motifs (C(OH)–C–C–N with tert-alkyl or cyclic N) is 1. The Bertz CT molecular complexity index is 426. The summed E-state index contributed by atoms with van der Waals surface area (Å²) in [5, 5.41) is 9.78. The molecule has 2 heterocycles. The number of rotatable bonds is 3. The standard InChI is InChI=1S/C13H18N2O3/c1-3-18-13(17)10-5-4-6-14-12(10)15-7-9(2)11(16)8-15/h4-6,9,11,16H,3,7-8H2,1-2H3. The van der Waals surface area contributed by atoms with Gasteiger partial charge < -0.3 is 14.7 Å². The van der Waals surface area contributed by atoms with Gasteiger partial charge in [-0.1, -0.05) is 6.92 Å². The number of aliphatic hydroxyl groups excluding tert-OH is 1. The fourth-order valence-corrected chi connectivity index (χ4v) is 2.14. The summed E-state index contributed by atoms with van der Waals surface area (Å²) in [6.07, 6.45) is 1.27. The number of carbonyl (C=O) groups excluding carboxylic acids is 1. The molecule has 0 saturated carbocycles. The number of ether oxygens (including phenoxy) is 1. The highest BCUT2D eigenvalue weighted by molar-refractivity contribution is 5.94. The highest BCUT2D eigenvalue weighted by Crippen LogP contribution is 2.25. The van der Waals surface area contributed by atoms with Crippen LogP contribution in [0, 0.1) is 5.92 Å². The molecule has 18 heavy (non-hydrogen) atoms. The Morgan fingerprint density at radius 3 is 3.00 bits per heavy atom. The zero-order valence-electron chi connectivity index (χ0n) is 10.7. The van der Waals surface area contributed by atoms with Gasteiger partial charge in [-0.05, 0) is 19.1 Å². The van der Waals surface area contributed by atoms with Crippen LogP contribution in [0.3, 0.4) is 0 Å². The van der Waals surface area contributed by atoms with Crippen molar-refractivity contribution < 1.29 is 14.6 Å². The molecule has 2 unspecified atom stereocenters. The van der Waals surface area contributed by atoms with Gasteiger partial charge in [-0.3, -0.25) is 0 Å². The Labute approximate surface area is 106 Å². The smallest absolute Gasteiger partial charge is 0.341 e. The van der Waals surface area contributed by atoms with Crippen molar-refractivity contribution in [3.05, 3.63) is 23.9 Å². The van der Waals surface area contributed by atoms with Gasteiger partial charge in [-0.2, -0.15) is 0 Å². The Balaban J connectivity index is 2.25. The number of anilines is 1. The van der Waals surface area contributed by atoms with Crippen LogP contribution in [0.1, 0.15) is 24.2 Å². The first-order valence-electron chi connectivity index (χ1n) is 6.18. The lowest BCUT2D eigenvalue weighted by Crippen LogP contribution is -2.25. The number of hydrogen-bond acceptors (Lipinski definition) is 5. The monoisotopic (exact) mass is 250 g/mol. The molecular formula is C13H18N2O3. The molecule has 2 atom stereocenters. The van der Waals surface area contributed by atoms with E-state index in [0.29, 0.717) is 31.1 Å². The van der Waals surface area contributed by atoms with Crippen LogP contribution in [-0.4, -0.2) is 41.9 Å². The van der Waals surface area contributed by atoms with Crippen LogP contribution in [0.25, 0.3) is 0 Å². The van der Waals surface area contributed by atoms with Crippen molar-refractivity contribution in [2.75, 3.05) is 24.6 Å². The molecule has 1 aliphatic heterocycles. The highest BCUT2D eigenvalue weighted by atomic mass is 16.5. The Morgan fingerprint density at radius 2 is 2.39 bits per heavy atom. The maximum Gasteiger partial charge on any atom is 0.341 e. The molecule has 1 aliphatic rings. The first-order chi connectivity index (χ1) is 8.63. The predicted molar refractivity (Wildman–Crippen MR) is 67.6 cm³/mol. The summed E-state index contributed by atoms with van der Waals surface area (Å²) in [4.78, 5) is 18.0. The van der Waals surface area contributed by atoms with Gasteiger partial charge in [0.05, 0.1) is 12.7 Å². The number of esters is 1. The molecular weight excluding hydrogens is 232 g/mol. The highest BCUT2D eigenvalue weighted by Gasteiger charge is 2.30. The van der Waals surface area contributed by atoms with Crippen molar-refractivity contribution in [3.63, 3.8) is 0 Å². The van der Waals surface area contributed by atoms with Crippen molar-refractivity contribution in [1.82, 2.24) is 4.98 Å². The lowest BCUT2D eigenvalue weighted by Gasteiger charge is -2.19. The van der Waals surface area contributed by atoms with E-state index in [-0.39, 0.29) is 18.0 Å². The average molecular weight is 250 g/mol. The maximum atomic E-state index is 11.8. The molecule has 1 aromatic rings. The number of aromatic nitrogens is 1. The van der Waals surface area contributed by atoms with E-state index in [1.807, 2.05) is 11.8 Å². The molecule has 1 saturated heterocycles. The lowest BCUT2D eigenvalue weighted by atomic mass is 10.1. The molecule has 0 radical (unpaired) electrons. The van der Waals surface area contributed by atoms with Gasteiger partial charge >= 0.3 is 5.97 Å². The van der Waals surface area contributed by atoms with E-state index in [2.05, 4.69) is 4.98 Å². The second-order valence-electron chi connectivity index (χ2n) is 4.54. The summed E-state index contributed by atoms with van der Waals surface area (Å²) in [5.41, 5.74) is 0.459. The minimum Gasteiger partial charge on any atom is -0.462 e. The fourth-order valence-electron chi connectivity index (χ4n) is 2.14. The van der Waals surface area contributed by atoms with Crippen LogP contribution in [0.4, 0.5) is 5.82 Å². The first-order valence-corrected chi connectivity index (χ1v) is 6.18. The van der Waals surface area contributed by atoms with E-state index in [1.165, 1.54) is 0 Å². The second-order valence-corrected chi connectivity index (χ2v) is 4.54. The summed E-state index contributed by atoms with van der Waals surface area (Å²) >= 11 is 0. The molecule has 5 nitrogen and oxygen atoms in total. The van der Waals surface area contributed by atoms with Crippen molar-refractivity contribution in [3.8, 4) is 0 Å². The molecule has 0 spiro atoms. The van der Waals surface area contributed by atoms with Crippen LogP contribution in [0.2, 0.25) is 0 Å². The molecule has 0 aliphatic carbocycles. The van der Waals surface area contributed by atoms with Crippen LogP contribution >= 0.6 is 0 Å². The van der Waals surface area contributed by atoms with E-state index >= 15 is 0 Å². The molecule has 0 bridgehead atoms. The summed E-state index contributed by atoms with van der Waals surface area (Å²) in [5.74, 6) is 0.413. The number of nitrogens with zero attached hydrogens (tertiary/aromatic N) is 2.